The molecule has 1 N–H and O–H groups in total. The van der Waals surface area contributed by atoms with Crippen molar-refractivity contribution in [3.63, 3.8) is 0 Å². The standard InChI is InChI=1S/C15H23NO3S/c1-16(13-5-3-4-6-13)11-15(17)12-7-9-14(10-8-12)20(2,18)19/h7-10,13,15,17H,3-6,11H2,1-2H3/t15-/m1/s1. The van der Waals surface area contributed by atoms with Gasteiger partial charge in [-0.3, -0.25) is 0 Å². The van der Waals surface area contributed by atoms with Crippen LogP contribution in [0.4, 0.5) is 0 Å². The van der Waals surface area contributed by atoms with Gasteiger partial charge in [-0.05, 0) is 37.6 Å². The third-order valence-corrected chi connectivity index (χ3v) is 5.23. The van der Waals surface area contributed by atoms with E-state index in [1.807, 2.05) is 7.05 Å². The summed E-state index contributed by atoms with van der Waals surface area (Å²) in [4.78, 5) is 2.50. The minimum atomic E-state index is -3.17. The van der Waals surface area contributed by atoms with E-state index in [2.05, 4.69) is 4.90 Å². The SMILES string of the molecule is CN(C[C@@H](O)c1ccc(S(C)(=O)=O)cc1)C1CCCC1. The van der Waals surface area contributed by atoms with E-state index in [-0.39, 0.29) is 4.90 Å². The largest absolute Gasteiger partial charge is 0.387 e. The van der Waals surface area contributed by atoms with Crippen LogP contribution in [0.25, 0.3) is 0 Å². The monoisotopic (exact) mass is 297 g/mol. The van der Waals surface area contributed by atoms with Gasteiger partial charge in [-0.2, -0.15) is 0 Å². The maximum atomic E-state index is 11.4. The Morgan fingerprint density at radius 3 is 2.30 bits per heavy atom. The lowest BCUT2D eigenvalue weighted by Gasteiger charge is -2.26. The van der Waals surface area contributed by atoms with Crippen LogP contribution in [0.3, 0.4) is 0 Å². The molecule has 1 saturated carbocycles. The van der Waals surface area contributed by atoms with Crippen LogP contribution in [-0.2, 0) is 9.84 Å². The number of sulfone groups is 1. The van der Waals surface area contributed by atoms with Gasteiger partial charge in [0.2, 0.25) is 0 Å². The summed E-state index contributed by atoms with van der Waals surface area (Å²) in [6, 6.07) is 7.08. The van der Waals surface area contributed by atoms with Crippen LogP contribution in [0, 0.1) is 0 Å². The van der Waals surface area contributed by atoms with Crippen LogP contribution in [0.15, 0.2) is 29.2 Å². The fourth-order valence-electron chi connectivity index (χ4n) is 2.81. The van der Waals surface area contributed by atoms with Crippen molar-refractivity contribution in [2.75, 3.05) is 19.8 Å². The zero-order chi connectivity index (χ0) is 14.8. The predicted molar refractivity (Wildman–Crippen MR) is 79.4 cm³/mol. The first kappa shape index (κ1) is 15.5. The van der Waals surface area contributed by atoms with Crippen LogP contribution in [-0.4, -0.2) is 44.3 Å². The number of rotatable bonds is 5. The van der Waals surface area contributed by atoms with Gasteiger partial charge >= 0.3 is 0 Å². The van der Waals surface area contributed by atoms with Crippen molar-refractivity contribution in [2.45, 2.75) is 42.7 Å². The number of hydrogen-bond donors (Lipinski definition) is 1. The third kappa shape index (κ3) is 3.81. The highest BCUT2D eigenvalue weighted by Crippen LogP contribution is 2.24. The van der Waals surface area contributed by atoms with Crippen molar-refractivity contribution in [1.82, 2.24) is 4.90 Å². The van der Waals surface area contributed by atoms with Gasteiger partial charge in [-0.15, -0.1) is 0 Å². The smallest absolute Gasteiger partial charge is 0.175 e. The summed E-state index contributed by atoms with van der Waals surface area (Å²) < 4.78 is 22.8. The molecule has 112 valence electrons. The Hall–Kier alpha value is -0.910. The molecule has 5 heteroatoms. The fourth-order valence-corrected chi connectivity index (χ4v) is 3.44. The molecule has 1 aromatic rings. The highest BCUT2D eigenvalue weighted by molar-refractivity contribution is 7.90. The Kier molecular flexibility index (Phi) is 4.83. The van der Waals surface area contributed by atoms with Crippen molar-refractivity contribution in [3.05, 3.63) is 29.8 Å². The molecule has 1 aliphatic carbocycles. The van der Waals surface area contributed by atoms with Gasteiger partial charge in [0.25, 0.3) is 0 Å². The molecular weight excluding hydrogens is 274 g/mol. The van der Waals surface area contributed by atoms with E-state index < -0.39 is 15.9 Å². The molecule has 0 aliphatic heterocycles. The summed E-state index contributed by atoms with van der Waals surface area (Å²) in [5.74, 6) is 0. The quantitative estimate of drug-likeness (QED) is 0.903. The molecule has 0 bridgehead atoms. The Morgan fingerprint density at radius 1 is 1.25 bits per heavy atom. The van der Waals surface area contributed by atoms with Crippen molar-refractivity contribution < 1.29 is 13.5 Å². The van der Waals surface area contributed by atoms with E-state index in [0.717, 1.165) is 5.56 Å². The summed E-state index contributed by atoms with van der Waals surface area (Å²) >= 11 is 0. The average Bonchev–Trinajstić information content (AvgIpc) is 2.91. The van der Waals surface area contributed by atoms with E-state index in [9.17, 15) is 13.5 Å². The number of nitrogens with zero attached hydrogens (tertiary/aromatic N) is 1. The molecule has 4 nitrogen and oxygen atoms in total. The molecule has 1 fully saturated rings. The van der Waals surface area contributed by atoms with Gasteiger partial charge in [-0.1, -0.05) is 25.0 Å². The minimum Gasteiger partial charge on any atom is -0.387 e. The van der Waals surface area contributed by atoms with Crippen LogP contribution in [0.5, 0.6) is 0 Å². The predicted octanol–water partition coefficient (Wildman–Crippen LogP) is 2.00. The third-order valence-electron chi connectivity index (χ3n) is 4.10. The Bertz CT molecular complexity index is 533. The maximum Gasteiger partial charge on any atom is 0.175 e. The molecule has 1 atom stereocenters. The average molecular weight is 297 g/mol. The highest BCUT2D eigenvalue weighted by atomic mass is 32.2. The molecule has 0 amide bonds. The number of likely N-dealkylation sites (N-methyl/N-ethyl adjacent to an activating group) is 1. The second kappa shape index (κ2) is 6.24. The lowest BCUT2D eigenvalue weighted by molar-refractivity contribution is 0.105. The molecule has 0 radical (unpaired) electrons. The molecule has 0 heterocycles. The first-order valence-corrected chi connectivity index (χ1v) is 8.95. The summed E-state index contributed by atoms with van der Waals surface area (Å²) in [6.45, 7) is 0.586. The van der Waals surface area contributed by atoms with Crippen molar-refractivity contribution in [3.8, 4) is 0 Å². The summed E-state index contributed by atoms with van der Waals surface area (Å²) in [5.41, 5.74) is 0.766. The number of aliphatic hydroxyl groups is 1. The van der Waals surface area contributed by atoms with Gasteiger partial charge in [0.1, 0.15) is 0 Å². The van der Waals surface area contributed by atoms with E-state index in [1.165, 1.54) is 31.9 Å². The topological polar surface area (TPSA) is 57.6 Å². The summed E-state index contributed by atoms with van der Waals surface area (Å²) in [5, 5.41) is 10.3. The van der Waals surface area contributed by atoms with Crippen LogP contribution in [0.1, 0.15) is 37.4 Å². The van der Waals surface area contributed by atoms with Crippen molar-refractivity contribution in [2.24, 2.45) is 0 Å². The lowest BCUT2D eigenvalue weighted by Crippen LogP contribution is -2.33. The second-order valence-corrected chi connectivity index (χ2v) is 7.75. The minimum absolute atomic E-state index is 0.289. The van der Waals surface area contributed by atoms with Gasteiger partial charge in [0.15, 0.2) is 9.84 Å². The normalized spacial score (nSPS) is 18.6. The zero-order valence-electron chi connectivity index (χ0n) is 12.1. The highest BCUT2D eigenvalue weighted by Gasteiger charge is 2.22. The second-order valence-electron chi connectivity index (χ2n) is 5.73. The molecule has 1 aromatic carbocycles. The zero-order valence-corrected chi connectivity index (χ0v) is 12.9. The van der Waals surface area contributed by atoms with Gasteiger partial charge < -0.3 is 10.0 Å². The first-order valence-electron chi connectivity index (χ1n) is 7.06. The van der Waals surface area contributed by atoms with Crippen LogP contribution in [0.2, 0.25) is 0 Å². The van der Waals surface area contributed by atoms with E-state index in [4.69, 9.17) is 0 Å². The number of hydrogen-bond acceptors (Lipinski definition) is 4. The van der Waals surface area contributed by atoms with Gasteiger partial charge in [-0.25, -0.2) is 8.42 Å². The Balaban J connectivity index is 2.00. The van der Waals surface area contributed by atoms with E-state index >= 15 is 0 Å². The van der Waals surface area contributed by atoms with Crippen LogP contribution < -0.4 is 0 Å². The molecule has 20 heavy (non-hydrogen) atoms. The molecule has 0 saturated heterocycles. The Labute approximate surface area is 121 Å². The molecule has 0 spiro atoms. The van der Waals surface area contributed by atoms with Crippen molar-refractivity contribution in [1.29, 1.82) is 0 Å². The molecule has 0 unspecified atom stereocenters. The molecule has 0 aromatic heterocycles. The van der Waals surface area contributed by atoms with E-state index in [0.29, 0.717) is 12.6 Å². The summed E-state index contributed by atoms with van der Waals surface area (Å²) in [7, 11) is -1.13. The van der Waals surface area contributed by atoms with Gasteiger partial charge in [0.05, 0.1) is 11.0 Å². The number of benzene rings is 1. The summed E-state index contributed by atoms with van der Waals surface area (Å²) in [6.07, 6.45) is 5.57. The molecular formula is C15H23NO3S. The maximum absolute atomic E-state index is 11.4. The van der Waals surface area contributed by atoms with Gasteiger partial charge in [0, 0.05) is 18.8 Å². The molecule has 2 rings (SSSR count). The van der Waals surface area contributed by atoms with Crippen molar-refractivity contribution >= 4 is 9.84 Å². The first-order chi connectivity index (χ1) is 9.38. The number of aliphatic hydroxyl groups excluding tert-OH is 1. The lowest BCUT2D eigenvalue weighted by atomic mass is 10.1. The van der Waals surface area contributed by atoms with E-state index in [1.54, 1.807) is 24.3 Å². The van der Waals surface area contributed by atoms with Crippen LogP contribution >= 0.6 is 0 Å². The molecule has 1 aliphatic rings. The fraction of sp³-hybridized carbons (Fsp3) is 0.600. The Morgan fingerprint density at radius 2 is 1.80 bits per heavy atom.